The van der Waals surface area contributed by atoms with Crippen LogP contribution >= 0.6 is 0 Å². The van der Waals surface area contributed by atoms with Gasteiger partial charge in [0.1, 0.15) is 17.6 Å². The molecule has 0 aliphatic carbocycles. The van der Waals surface area contributed by atoms with E-state index >= 15 is 0 Å². The number of piperidine rings is 1. The first-order valence-electron chi connectivity index (χ1n) is 11.6. The number of pyridine rings is 1. The first kappa shape index (κ1) is 22.0. The molecule has 6 heteroatoms. The molecule has 1 aliphatic heterocycles. The second kappa shape index (κ2) is 10.00. The molecule has 34 heavy (non-hydrogen) atoms. The van der Waals surface area contributed by atoms with Crippen LogP contribution in [0.3, 0.4) is 0 Å². The van der Waals surface area contributed by atoms with Crippen molar-refractivity contribution in [2.24, 2.45) is 0 Å². The third-order valence-corrected chi connectivity index (χ3v) is 6.20. The molecule has 0 unspecified atom stereocenters. The molecule has 3 heterocycles. The Labute approximate surface area is 198 Å². The SMILES string of the molecule is O=C(c1ccnc(Cc2ccccc2)c1)N1CCCC[C@@H]1c1ncc(Cc2ccc(F)cc2)o1. The van der Waals surface area contributed by atoms with E-state index in [2.05, 4.69) is 22.1 Å². The second-order valence-electron chi connectivity index (χ2n) is 8.68. The summed E-state index contributed by atoms with van der Waals surface area (Å²) in [5.41, 5.74) is 3.60. The number of likely N-dealkylation sites (tertiary alicyclic amines) is 1. The fourth-order valence-corrected chi connectivity index (χ4v) is 4.47. The summed E-state index contributed by atoms with van der Waals surface area (Å²) in [7, 11) is 0. The minimum atomic E-state index is -0.263. The number of aromatic nitrogens is 2. The molecule has 172 valence electrons. The quantitative estimate of drug-likeness (QED) is 0.371. The number of rotatable bonds is 6. The molecular formula is C28H26FN3O2. The Balaban J connectivity index is 1.33. The van der Waals surface area contributed by atoms with Crippen LogP contribution in [0.4, 0.5) is 4.39 Å². The average molecular weight is 456 g/mol. The molecule has 4 aromatic rings. The normalized spacial score (nSPS) is 15.9. The highest BCUT2D eigenvalue weighted by atomic mass is 19.1. The summed E-state index contributed by atoms with van der Waals surface area (Å²) in [4.78, 5) is 24.4. The number of nitrogens with zero attached hydrogens (tertiary/aromatic N) is 3. The van der Waals surface area contributed by atoms with E-state index in [4.69, 9.17) is 4.42 Å². The van der Waals surface area contributed by atoms with Gasteiger partial charge in [-0.3, -0.25) is 9.78 Å². The number of benzene rings is 2. The summed E-state index contributed by atoms with van der Waals surface area (Å²) in [6.07, 6.45) is 7.40. The molecule has 0 saturated carbocycles. The number of hydrogen-bond acceptors (Lipinski definition) is 4. The molecule has 0 spiro atoms. The van der Waals surface area contributed by atoms with Crippen LogP contribution in [-0.2, 0) is 12.8 Å². The Morgan fingerprint density at radius 2 is 1.76 bits per heavy atom. The van der Waals surface area contributed by atoms with Crippen molar-refractivity contribution in [2.75, 3.05) is 6.54 Å². The van der Waals surface area contributed by atoms with Gasteiger partial charge in [-0.05, 0) is 54.7 Å². The fraction of sp³-hybridized carbons (Fsp3) is 0.250. The minimum absolute atomic E-state index is 0.0281. The van der Waals surface area contributed by atoms with E-state index in [1.54, 1.807) is 30.6 Å². The van der Waals surface area contributed by atoms with Crippen molar-refractivity contribution < 1.29 is 13.6 Å². The van der Waals surface area contributed by atoms with E-state index in [1.165, 1.54) is 12.1 Å². The summed E-state index contributed by atoms with van der Waals surface area (Å²) >= 11 is 0. The van der Waals surface area contributed by atoms with E-state index in [-0.39, 0.29) is 17.8 Å². The number of halogens is 1. The number of carbonyl (C=O) groups is 1. The lowest BCUT2D eigenvalue weighted by atomic mass is 10.0. The maximum atomic E-state index is 13.5. The number of hydrogen-bond donors (Lipinski definition) is 0. The van der Waals surface area contributed by atoms with Gasteiger partial charge in [0, 0.05) is 36.8 Å². The monoisotopic (exact) mass is 455 g/mol. The van der Waals surface area contributed by atoms with Gasteiger partial charge in [-0.1, -0.05) is 42.5 Å². The van der Waals surface area contributed by atoms with Crippen LogP contribution in [0.5, 0.6) is 0 Å². The van der Waals surface area contributed by atoms with Crippen LogP contribution in [0, 0.1) is 5.82 Å². The van der Waals surface area contributed by atoms with Crippen molar-refractivity contribution >= 4 is 5.91 Å². The van der Waals surface area contributed by atoms with Crippen molar-refractivity contribution in [2.45, 2.75) is 38.1 Å². The molecule has 2 aromatic heterocycles. The molecule has 5 nitrogen and oxygen atoms in total. The number of carbonyl (C=O) groups excluding carboxylic acids is 1. The molecule has 1 atom stereocenters. The van der Waals surface area contributed by atoms with Crippen LogP contribution in [-0.4, -0.2) is 27.3 Å². The van der Waals surface area contributed by atoms with Crippen molar-refractivity contribution in [1.29, 1.82) is 0 Å². The lowest BCUT2D eigenvalue weighted by Crippen LogP contribution is -2.38. The summed E-state index contributed by atoms with van der Waals surface area (Å²) in [5.74, 6) is 0.971. The number of oxazole rings is 1. The Kier molecular flexibility index (Phi) is 6.47. The van der Waals surface area contributed by atoms with Gasteiger partial charge in [0.15, 0.2) is 0 Å². The Morgan fingerprint density at radius 3 is 2.59 bits per heavy atom. The van der Waals surface area contributed by atoms with Crippen molar-refractivity contribution in [3.8, 4) is 0 Å². The summed E-state index contributed by atoms with van der Waals surface area (Å²) < 4.78 is 19.3. The lowest BCUT2D eigenvalue weighted by molar-refractivity contribution is 0.0570. The molecule has 0 bridgehead atoms. The standard InChI is InChI=1S/C28H26FN3O2/c29-23-11-9-21(10-12-23)17-25-19-31-27(34-25)26-8-4-5-15-32(26)28(33)22-13-14-30-24(18-22)16-20-6-2-1-3-7-20/h1-3,6-7,9-14,18-19,26H,4-5,8,15-17H2/t26-/m1/s1. The molecule has 1 saturated heterocycles. The molecule has 5 rings (SSSR count). The van der Waals surface area contributed by atoms with Crippen molar-refractivity contribution in [3.05, 3.63) is 119 Å². The van der Waals surface area contributed by atoms with Gasteiger partial charge in [-0.25, -0.2) is 9.37 Å². The zero-order valence-electron chi connectivity index (χ0n) is 18.9. The van der Waals surface area contributed by atoms with E-state index in [1.807, 2.05) is 29.2 Å². The van der Waals surface area contributed by atoms with E-state index in [0.717, 1.165) is 36.1 Å². The highest BCUT2D eigenvalue weighted by Gasteiger charge is 2.32. The van der Waals surface area contributed by atoms with Gasteiger partial charge >= 0.3 is 0 Å². The summed E-state index contributed by atoms with van der Waals surface area (Å²) in [6, 6.07) is 19.9. The molecule has 1 aliphatic rings. The van der Waals surface area contributed by atoms with Crippen LogP contribution in [0.2, 0.25) is 0 Å². The second-order valence-corrected chi connectivity index (χ2v) is 8.68. The van der Waals surface area contributed by atoms with Gasteiger partial charge in [0.25, 0.3) is 5.91 Å². The average Bonchev–Trinajstić information content (AvgIpc) is 3.34. The van der Waals surface area contributed by atoms with Crippen LogP contribution in [0.25, 0.3) is 0 Å². The van der Waals surface area contributed by atoms with Crippen molar-refractivity contribution in [3.63, 3.8) is 0 Å². The van der Waals surface area contributed by atoms with Gasteiger partial charge in [0.2, 0.25) is 5.89 Å². The molecule has 0 N–H and O–H groups in total. The van der Waals surface area contributed by atoms with E-state index in [0.29, 0.717) is 36.6 Å². The largest absolute Gasteiger partial charge is 0.443 e. The molecule has 1 amide bonds. The predicted octanol–water partition coefficient (Wildman–Crippen LogP) is 5.76. The Bertz CT molecular complexity index is 1250. The Hall–Kier alpha value is -3.80. The highest BCUT2D eigenvalue weighted by molar-refractivity contribution is 5.94. The molecule has 0 radical (unpaired) electrons. The topological polar surface area (TPSA) is 59.2 Å². The minimum Gasteiger partial charge on any atom is -0.443 e. The van der Waals surface area contributed by atoms with Gasteiger partial charge < -0.3 is 9.32 Å². The van der Waals surface area contributed by atoms with Crippen molar-refractivity contribution in [1.82, 2.24) is 14.9 Å². The first-order valence-corrected chi connectivity index (χ1v) is 11.6. The highest BCUT2D eigenvalue weighted by Crippen LogP contribution is 2.32. The Morgan fingerprint density at radius 1 is 0.971 bits per heavy atom. The fourth-order valence-electron chi connectivity index (χ4n) is 4.47. The zero-order chi connectivity index (χ0) is 23.3. The maximum Gasteiger partial charge on any atom is 0.254 e. The van der Waals surface area contributed by atoms with Crippen LogP contribution in [0.15, 0.2) is 83.5 Å². The third-order valence-electron chi connectivity index (χ3n) is 6.20. The third kappa shape index (κ3) is 5.06. The zero-order valence-corrected chi connectivity index (χ0v) is 18.9. The van der Waals surface area contributed by atoms with Gasteiger partial charge in [-0.2, -0.15) is 0 Å². The maximum absolute atomic E-state index is 13.5. The summed E-state index contributed by atoms with van der Waals surface area (Å²) in [6.45, 7) is 0.662. The predicted molar refractivity (Wildman–Crippen MR) is 127 cm³/mol. The van der Waals surface area contributed by atoms with E-state index < -0.39 is 0 Å². The smallest absolute Gasteiger partial charge is 0.254 e. The van der Waals surface area contributed by atoms with Crippen LogP contribution in [0.1, 0.15) is 64.1 Å². The number of amides is 1. The first-order chi connectivity index (χ1) is 16.7. The van der Waals surface area contributed by atoms with Gasteiger partial charge in [-0.15, -0.1) is 0 Å². The molecule has 1 fully saturated rings. The summed E-state index contributed by atoms with van der Waals surface area (Å²) in [5, 5.41) is 0. The van der Waals surface area contributed by atoms with Crippen LogP contribution < -0.4 is 0 Å². The van der Waals surface area contributed by atoms with E-state index in [9.17, 15) is 9.18 Å². The van der Waals surface area contributed by atoms with Gasteiger partial charge in [0.05, 0.1) is 6.20 Å². The lowest BCUT2D eigenvalue weighted by Gasteiger charge is -2.34. The molecule has 2 aromatic carbocycles. The molecular weight excluding hydrogens is 429 g/mol.